The summed E-state index contributed by atoms with van der Waals surface area (Å²) in [7, 11) is 0. The zero-order valence-electron chi connectivity index (χ0n) is 7.20. The molecule has 1 saturated heterocycles. The van der Waals surface area contributed by atoms with Gasteiger partial charge < -0.3 is 14.9 Å². The average Bonchev–Trinajstić information content (AvgIpc) is 2.77. The van der Waals surface area contributed by atoms with Crippen molar-refractivity contribution >= 4 is 0 Å². The van der Waals surface area contributed by atoms with Crippen molar-refractivity contribution in [1.82, 2.24) is 0 Å². The molecule has 1 aliphatic heterocycles. The van der Waals surface area contributed by atoms with Crippen molar-refractivity contribution < 1.29 is 14.9 Å². The predicted octanol–water partition coefficient (Wildman–Crippen LogP) is 0.441. The minimum atomic E-state index is -0.592. The Morgan fingerprint density at radius 3 is 2.75 bits per heavy atom. The smallest absolute Gasteiger partial charge is 0.0811 e. The molecule has 1 aliphatic carbocycles. The minimum absolute atomic E-state index is 0.282. The second-order valence-corrected chi connectivity index (χ2v) is 4.11. The van der Waals surface area contributed by atoms with E-state index in [2.05, 4.69) is 0 Å². The summed E-state index contributed by atoms with van der Waals surface area (Å²) >= 11 is 0. The maximum atomic E-state index is 9.92. The number of hydrogen-bond donors (Lipinski definition) is 2. The van der Waals surface area contributed by atoms with Crippen molar-refractivity contribution in [3.8, 4) is 0 Å². The molecule has 1 heterocycles. The monoisotopic (exact) mass is 172 g/mol. The molecule has 2 fully saturated rings. The summed E-state index contributed by atoms with van der Waals surface area (Å²) < 4.78 is 5.07. The van der Waals surface area contributed by atoms with Crippen LogP contribution in [0.5, 0.6) is 0 Å². The number of ether oxygens (including phenoxy) is 1. The van der Waals surface area contributed by atoms with Crippen LogP contribution in [0.3, 0.4) is 0 Å². The van der Waals surface area contributed by atoms with E-state index in [9.17, 15) is 10.2 Å². The molecule has 2 aliphatic rings. The lowest BCUT2D eigenvalue weighted by Crippen LogP contribution is -2.25. The van der Waals surface area contributed by atoms with Gasteiger partial charge in [-0.1, -0.05) is 0 Å². The Morgan fingerprint density at radius 2 is 2.25 bits per heavy atom. The minimum Gasteiger partial charge on any atom is -0.393 e. The SMILES string of the molecule is OC1CCC(O)(CCC2CO2)C1. The third kappa shape index (κ3) is 1.97. The number of aliphatic hydroxyl groups is 2. The highest BCUT2D eigenvalue weighted by molar-refractivity contribution is 4.90. The zero-order valence-corrected chi connectivity index (χ0v) is 7.20. The summed E-state index contributed by atoms with van der Waals surface area (Å²) in [5.74, 6) is 0. The Bertz CT molecular complexity index is 167. The van der Waals surface area contributed by atoms with Gasteiger partial charge in [0.25, 0.3) is 0 Å². The second-order valence-electron chi connectivity index (χ2n) is 4.11. The van der Waals surface area contributed by atoms with Gasteiger partial charge in [0, 0.05) is 6.42 Å². The molecule has 3 heteroatoms. The van der Waals surface area contributed by atoms with Crippen LogP contribution in [0.2, 0.25) is 0 Å². The Labute approximate surface area is 72.3 Å². The van der Waals surface area contributed by atoms with Crippen molar-refractivity contribution in [2.24, 2.45) is 0 Å². The Morgan fingerprint density at radius 1 is 1.50 bits per heavy atom. The van der Waals surface area contributed by atoms with Gasteiger partial charge in [-0.3, -0.25) is 0 Å². The Hall–Kier alpha value is -0.120. The number of hydrogen-bond acceptors (Lipinski definition) is 3. The molecule has 0 radical (unpaired) electrons. The number of epoxide rings is 1. The van der Waals surface area contributed by atoms with Crippen molar-refractivity contribution in [3.05, 3.63) is 0 Å². The van der Waals surface area contributed by atoms with Gasteiger partial charge >= 0.3 is 0 Å². The van der Waals surface area contributed by atoms with Crippen molar-refractivity contribution in [2.75, 3.05) is 6.61 Å². The molecule has 1 saturated carbocycles. The first-order valence-electron chi connectivity index (χ1n) is 4.70. The molecule has 0 aromatic heterocycles. The molecule has 0 spiro atoms. The molecule has 2 N–H and O–H groups in total. The van der Waals surface area contributed by atoms with E-state index < -0.39 is 5.60 Å². The molecule has 0 amide bonds. The number of aliphatic hydroxyl groups excluding tert-OH is 1. The highest BCUT2D eigenvalue weighted by atomic mass is 16.6. The van der Waals surface area contributed by atoms with Gasteiger partial charge in [0.15, 0.2) is 0 Å². The summed E-state index contributed by atoms with van der Waals surface area (Å²) in [6, 6.07) is 0. The Balaban J connectivity index is 1.76. The first-order valence-corrected chi connectivity index (χ1v) is 4.70. The van der Waals surface area contributed by atoms with Crippen LogP contribution in [-0.2, 0) is 4.74 Å². The zero-order chi connectivity index (χ0) is 8.60. The maximum Gasteiger partial charge on any atom is 0.0811 e. The topological polar surface area (TPSA) is 53.0 Å². The van der Waals surface area contributed by atoms with Crippen molar-refractivity contribution in [1.29, 1.82) is 0 Å². The number of rotatable bonds is 3. The largest absolute Gasteiger partial charge is 0.393 e. The van der Waals surface area contributed by atoms with Gasteiger partial charge in [0.2, 0.25) is 0 Å². The molecule has 12 heavy (non-hydrogen) atoms. The molecular formula is C9H16O3. The molecule has 3 atom stereocenters. The van der Waals surface area contributed by atoms with E-state index in [4.69, 9.17) is 4.74 Å². The lowest BCUT2D eigenvalue weighted by molar-refractivity contribution is 0.0210. The van der Waals surface area contributed by atoms with E-state index in [0.717, 1.165) is 32.3 Å². The van der Waals surface area contributed by atoms with Crippen LogP contribution in [0.25, 0.3) is 0 Å². The molecule has 2 rings (SSSR count). The first-order chi connectivity index (χ1) is 5.68. The third-order valence-electron chi connectivity index (χ3n) is 2.89. The third-order valence-corrected chi connectivity index (χ3v) is 2.89. The Kier molecular flexibility index (Phi) is 2.10. The second kappa shape index (κ2) is 2.98. The molecular weight excluding hydrogens is 156 g/mol. The van der Waals surface area contributed by atoms with E-state index in [0.29, 0.717) is 12.5 Å². The molecule has 0 bridgehead atoms. The fourth-order valence-electron chi connectivity index (χ4n) is 1.97. The molecule has 0 aromatic rings. The molecule has 3 nitrogen and oxygen atoms in total. The van der Waals surface area contributed by atoms with Crippen LogP contribution in [-0.4, -0.2) is 34.6 Å². The van der Waals surface area contributed by atoms with E-state index in [1.54, 1.807) is 0 Å². The summed E-state index contributed by atoms with van der Waals surface area (Å²) in [6.07, 6.45) is 3.91. The van der Waals surface area contributed by atoms with Crippen molar-refractivity contribution in [3.63, 3.8) is 0 Å². The van der Waals surface area contributed by atoms with Crippen LogP contribution in [0.15, 0.2) is 0 Å². The predicted molar refractivity (Wildman–Crippen MR) is 43.8 cm³/mol. The van der Waals surface area contributed by atoms with Crippen LogP contribution >= 0.6 is 0 Å². The standard InChI is InChI=1S/C9H16O3/c10-7-1-3-9(11,5-7)4-2-8-6-12-8/h7-8,10-11H,1-6H2. The quantitative estimate of drug-likeness (QED) is 0.607. The normalized spacial score (nSPS) is 46.5. The summed E-state index contributed by atoms with van der Waals surface area (Å²) in [5, 5.41) is 19.2. The van der Waals surface area contributed by atoms with Crippen molar-refractivity contribution in [2.45, 2.75) is 49.9 Å². The summed E-state index contributed by atoms with van der Waals surface area (Å²) in [5.41, 5.74) is -0.592. The van der Waals surface area contributed by atoms with Crippen LogP contribution in [0, 0.1) is 0 Å². The van der Waals surface area contributed by atoms with Gasteiger partial charge in [0.1, 0.15) is 0 Å². The van der Waals surface area contributed by atoms with E-state index >= 15 is 0 Å². The van der Waals surface area contributed by atoms with Gasteiger partial charge in [-0.15, -0.1) is 0 Å². The summed E-state index contributed by atoms with van der Waals surface area (Å²) in [4.78, 5) is 0. The fraction of sp³-hybridized carbons (Fsp3) is 1.00. The van der Waals surface area contributed by atoms with E-state index in [1.165, 1.54) is 0 Å². The molecule has 3 unspecified atom stereocenters. The first kappa shape index (κ1) is 8.48. The summed E-state index contributed by atoms with van der Waals surface area (Å²) in [6.45, 7) is 0.860. The lowest BCUT2D eigenvalue weighted by atomic mass is 9.95. The lowest BCUT2D eigenvalue weighted by Gasteiger charge is -2.21. The molecule has 0 aromatic carbocycles. The van der Waals surface area contributed by atoms with Gasteiger partial charge in [-0.2, -0.15) is 0 Å². The van der Waals surface area contributed by atoms with Gasteiger partial charge in [-0.05, 0) is 25.7 Å². The van der Waals surface area contributed by atoms with E-state index in [-0.39, 0.29) is 6.10 Å². The highest BCUT2D eigenvalue weighted by Crippen LogP contribution is 2.35. The maximum absolute atomic E-state index is 9.92. The van der Waals surface area contributed by atoms with Crippen LogP contribution < -0.4 is 0 Å². The van der Waals surface area contributed by atoms with Gasteiger partial charge in [-0.25, -0.2) is 0 Å². The van der Waals surface area contributed by atoms with Gasteiger partial charge in [0.05, 0.1) is 24.4 Å². The fourth-order valence-corrected chi connectivity index (χ4v) is 1.97. The highest BCUT2D eigenvalue weighted by Gasteiger charge is 2.37. The average molecular weight is 172 g/mol. The molecule has 70 valence electrons. The van der Waals surface area contributed by atoms with E-state index in [1.807, 2.05) is 0 Å². The van der Waals surface area contributed by atoms with Crippen LogP contribution in [0.4, 0.5) is 0 Å². The van der Waals surface area contributed by atoms with Crippen LogP contribution in [0.1, 0.15) is 32.1 Å².